The number of nitrogens with zero attached hydrogens (tertiary/aromatic N) is 5. The largest absolute Gasteiger partial charge is 0.381 e. The summed E-state index contributed by atoms with van der Waals surface area (Å²) in [6.07, 6.45) is 3.67. The molecule has 3 aliphatic heterocycles. The van der Waals surface area contributed by atoms with Gasteiger partial charge in [0.1, 0.15) is 5.69 Å². The molecule has 10 nitrogen and oxygen atoms in total. The number of H-pyrrole nitrogens is 1. The zero-order valence-corrected chi connectivity index (χ0v) is 21.8. The lowest BCUT2D eigenvalue weighted by Crippen LogP contribution is -2.59. The second-order valence-corrected chi connectivity index (χ2v) is 11.0. The van der Waals surface area contributed by atoms with Crippen molar-refractivity contribution in [2.75, 3.05) is 44.7 Å². The van der Waals surface area contributed by atoms with Gasteiger partial charge in [0.25, 0.3) is 5.91 Å². The van der Waals surface area contributed by atoms with E-state index in [2.05, 4.69) is 32.3 Å². The third-order valence-corrected chi connectivity index (χ3v) is 7.93. The Labute approximate surface area is 216 Å². The van der Waals surface area contributed by atoms with Crippen molar-refractivity contribution in [2.24, 2.45) is 5.92 Å². The minimum absolute atomic E-state index is 0.0134. The maximum atomic E-state index is 13.7. The molecule has 0 radical (unpaired) electrons. The van der Waals surface area contributed by atoms with Crippen LogP contribution >= 0.6 is 11.6 Å². The molecule has 0 bridgehead atoms. The van der Waals surface area contributed by atoms with Crippen LogP contribution in [0, 0.1) is 5.92 Å². The van der Waals surface area contributed by atoms with E-state index in [-0.39, 0.29) is 23.7 Å². The first kappa shape index (κ1) is 25.0. The van der Waals surface area contributed by atoms with E-state index in [0.717, 1.165) is 56.9 Å². The molecular weight excluding hydrogens is 482 g/mol. The minimum atomic E-state index is -0.583. The summed E-state index contributed by atoms with van der Waals surface area (Å²) in [6, 6.07) is 3.31. The average Bonchev–Trinajstić information content (AvgIpc) is 3.37. The maximum Gasteiger partial charge on any atom is 0.321 e. The smallest absolute Gasteiger partial charge is 0.321 e. The summed E-state index contributed by atoms with van der Waals surface area (Å²) in [6.45, 7) is 11.8. The van der Waals surface area contributed by atoms with E-state index in [1.807, 2.05) is 23.6 Å². The Morgan fingerprint density at radius 3 is 2.72 bits per heavy atom. The van der Waals surface area contributed by atoms with Crippen LogP contribution in [0.15, 0.2) is 18.3 Å². The molecule has 0 spiro atoms. The normalized spacial score (nSPS) is 22.5. The second kappa shape index (κ2) is 9.99. The van der Waals surface area contributed by atoms with E-state index in [1.165, 1.54) is 6.20 Å². The first-order chi connectivity index (χ1) is 17.2. The van der Waals surface area contributed by atoms with Crippen molar-refractivity contribution in [3.8, 4) is 0 Å². The number of aromatic nitrogens is 3. The summed E-state index contributed by atoms with van der Waals surface area (Å²) < 4.78 is 5.50. The van der Waals surface area contributed by atoms with Crippen molar-refractivity contribution < 1.29 is 14.3 Å². The summed E-state index contributed by atoms with van der Waals surface area (Å²) in [5.74, 6) is 0.724. The summed E-state index contributed by atoms with van der Waals surface area (Å²) in [5, 5.41) is 10.7. The molecule has 1 atom stereocenters. The number of ether oxygens (including phenoxy) is 1. The van der Waals surface area contributed by atoms with E-state index in [1.54, 1.807) is 12.1 Å². The van der Waals surface area contributed by atoms with Gasteiger partial charge >= 0.3 is 6.03 Å². The van der Waals surface area contributed by atoms with Crippen LogP contribution in [-0.4, -0.2) is 87.3 Å². The third-order valence-electron chi connectivity index (χ3n) is 7.71. The van der Waals surface area contributed by atoms with Crippen molar-refractivity contribution in [1.82, 2.24) is 29.9 Å². The van der Waals surface area contributed by atoms with Crippen LogP contribution in [0.3, 0.4) is 0 Å². The van der Waals surface area contributed by atoms with Gasteiger partial charge in [-0.2, -0.15) is 5.10 Å². The number of urea groups is 1. The van der Waals surface area contributed by atoms with Crippen LogP contribution in [-0.2, 0) is 16.8 Å². The number of carbonyl (C=O) groups is 2. The maximum absolute atomic E-state index is 13.7. The number of nitrogens with one attached hydrogen (secondary N) is 2. The monoisotopic (exact) mass is 515 g/mol. The van der Waals surface area contributed by atoms with Gasteiger partial charge in [-0.15, -0.1) is 0 Å². The van der Waals surface area contributed by atoms with Gasteiger partial charge in [-0.05, 0) is 51.7 Å². The van der Waals surface area contributed by atoms with Crippen LogP contribution in [0.25, 0.3) is 0 Å². The summed E-state index contributed by atoms with van der Waals surface area (Å²) in [4.78, 5) is 36.9. The molecule has 2 saturated heterocycles. The molecular formula is C25H34ClN7O3. The Bertz CT molecular complexity index is 1110. The van der Waals surface area contributed by atoms with Gasteiger partial charge in [0.15, 0.2) is 5.82 Å². The number of aromatic amines is 1. The summed E-state index contributed by atoms with van der Waals surface area (Å²) >= 11 is 5.88. The molecule has 0 aromatic carbocycles. The van der Waals surface area contributed by atoms with E-state index in [0.29, 0.717) is 29.8 Å². The predicted octanol–water partition coefficient (Wildman–Crippen LogP) is 3.31. The van der Waals surface area contributed by atoms with Crippen LogP contribution in [0.1, 0.15) is 55.4 Å². The van der Waals surface area contributed by atoms with Gasteiger partial charge in [-0.3, -0.25) is 14.8 Å². The number of fused-ring (bicyclic) bond motifs is 1. The van der Waals surface area contributed by atoms with Gasteiger partial charge in [0.2, 0.25) is 0 Å². The molecule has 0 unspecified atom stereocenters. The Morgan fingerprint density at radius 1 is 1.25 bits per heavy atom. The van der Waals surface area contributed by atoms with E-state index >= 15 is 0 Å². The minimum Gasteiger partial charge on any atom is -0.381 e. The number of hydrogen-bond donors (Lipinski definition) is 2. The first-order valence-corrected chi connectivity index (χ1v) is 13.0. The van der Waals surface area contributed by atoms with Crippen LogP contribution in [0.2, 0.25) is 5.02 Å². The Morgan fingerprint density at radius 2 is 2.03 bits per heavy atom. The number of halogens is 1. The predicted molar refractivity (Wildman–Crippen MR) is 136 cm³/mol. The molecule has 3 amide bonds. The molecule has 194 valence electrons. The van der Waals surface area contributed by atoms with Gasteiger partial charge in [-0.1, -0.05) is 11.6 Å². The number of piperazine rings is 1. The van der Waals surface area contributed by atoms with Crippen molar-refractivity contribution in [1.29, 1.82) is 0 Å². The van der Waals surface area contributed by atoms with Crippen LogP contribution < -0.4 is 5.32 Å². The molecule has 2 N–H and O–H groups in total. The van der Waals surface area contributed by atoms with Gasteiger partial charge in [0.05, 0.1) is 22.8 Å². The van der Waals surface area contributed by atoms with Gasteiger partial charge in [-0.25, -0.2) is 9.78 Å². The quantitative estimate of drug-likeness (QED) is 0.647. The highest BCUT2D eigenvalue weighted by molar-refractivity contribution is 6.30. The van der Waals surface area contributed by atoms with Crippen molar-refractivity contribution in [3.05, 3.63) is 40.3 Å². The number of amides is 3. The van der Waals surface area contributed by atoms with Crippen LogP contribution in [0.4, 0.5) is 10.6 Å². The standard InChI is InChI=1S/C25H34ClN7O3/c1-16-13-31(14-17-6-10-36-11-7-17)8-9-32(16)24(35)33-15-19-21(25(33,2)3)29-30-22(19)28-23(34)20-5-4-18(26)12-27-20/h4-5,12,16-17H,6-11,13-15H2,1-3H3,(H2,28,29,30,34)/t16-/m0/s1. The van der Waals surface area contributed by atoms with Gasteiger partial charge < -0.3 is 19.9 Å². The summed E-state index contributed by atoms with van der Waals surface area (Å²) in [7, 11) is 0. The molecule has 0 aliphatic carbocycles. The SMILES string of the molecule is C[C@H]1CN(CC2CCOCC2)CCN1C(=O)N1Cc2c(NC(=O)c3ccc(Cl)cn3)n[nH]c2C1(C)C. The Hall–Kier alpha value is -2.69. The molecule has 2 aromatic rings. The zero-order valence-electron chi connectivity index (χ0n) is 21.1. The fraction of sp³-hybridized carbons (Fsp3) is 0.600. The zero-order chi connectivity index (χ0) is 25.4. The number of hydrogen-bond acceptors (Lipinski definition) is 6. The highest BCUT2D eigenvalue weighted by Gasteiger charge is 2.46. The van der Waals surface area contributed by atoms with E-state index in [9.17, 15) is 9.59 Å². The fourth-order valence-electron chi connectivity index (χ4n) is 5.54. The second-order valence-electron chi connectivity index (χ2n) is 10.5. The van der Waals surface area contributed by atoms with E-state index < -0.39 is 5.54 Å². The van der Waals surface area contributed by atoms with Crippen molar-refractivity contribution in [3.63, 3.8) is 0 Å². The first-order valence-electron chi connectivity index (χ1n) is 12.6. The number of carbonyl (C=O) groups excluding carboxylic acids is 2. The summed E-state index contributed by atoms with van der Waals surface area (Å²) in [5.41, 5.74) is 1.32. The molecule has 5 heterocycles. The lowest BCUT2D eigenvalue weighted by atomic mass is 9.99. The number of rotatable bonds is 4. The van der Waals surface area contributed by atoms with Gasteiger partial charge in [0, 0.05) is 57.2 Å². The lowest BCUT2D eigenvalue weighted by Gasteiger charge is -2.44. The van der Waals surface area contributed by atoms with E-state index in [4.69, 9.17) is 16.3 Å². The Balaban J connectivity index is 1.24. The Kier molecular flexibility index (Phi) is 6.93. The highest BCUT2D eigenvalue weighted by atomic mass is 35.5. The fourth-order valence-corrected chi connectivity index (χ4v) is 5.65. The molecule has 2 aromatic heterocycles. The number of anilines is 1. The molecule has 0 saturated carbocycles. The van der Waals surface area contributed by atoms with Crippen LogP contribution in [0.5, 0.6) is 0 Å². The lowest BCUT2D eigenvalue weighted by molar-refractivity contribution is 0.0290. The average molecular weight is 516 g/mol. The van der Waals surface area contributed by atoms with Crippen molar-refractivity contribution in [2.45, 2.75) is 51.7 Å². The molecule has 2 fully saturated rings. The number of pyridine rings is 1. The third kappa shape index (κ3) is 4.81. The molecule has 3 aliphatic rings. The highest BCUT2D eigenvalue weighted by Crippen LogP contribution is 2.41. The van der Waals surface area contributed by atoms with Crippen molar-refractivity contribution >= 4 is 29.4 Å². The molecule has 36 heavy (non-hydrogen) atoms. The molecule has 5 rings (SSSR count). The molecule has 11 heteroatoms. The topological polar surface area (TPSA) is 107 Å².